The van der Waals surface area contributed by atoms with E-state index < -0.39 is 0 Å². The normalized spacial score (nSPS) is 12.1. The van der Waals surface area contributed by atoms with Crippen LogP contribution in [0.3, 0.4) is 0 Å². The largest absolute Gasteiger partial charge is 0.508 e. The van der Waals surface area contributed by atoms with Crippen molar-refractivity contribution < 1.29 is 5.11 Å². The Labute approximate surface area is 98.8 Å². The van der Waals surface area contributed by atoms with Crippen LogP contribution in [0.5, 0.6) is 5.75 Å². The van der Waals surface area contributed by atoms with Crippen LogP contribution in [0.1, 0.15) is 18.9 Å². The number of phenols is 1. The highest BCUT2D eigenvalue weighted by Crippen LogP contribution is 2.21. The molecule has 1 atom stereocenters. The molecule has 0 radical (unpaired) electrons. The number of terminal acetylenes is 1. The van der Waals surface area contributed by atoms with Gasteiger partial charge in [-0.2, -0.15) is 0 Å². The van der Waals surface area contributed by atoms with Crippen LogP contribution in [0.2, 0.25) is 0 Å². The molecule has 0 saturated carbocycles. The number of benzene rings is 1. The first kappa shape index (κ1) is 12.1. The summed E-state index contributed by atoms with van der Waals surface area (Å²) in [7, 11) is 0. The van der Waals surface area contributed by atoms with Gasteiger partial charge in [0.25, 0.3) is 0 Å². The molecule has 0 heterocycles. The molecule has 1 aromatic carbocycles. The predicted molar refractivity (Wildman–Crippen MR) is 65.6 cm³/mol. The predicted octanol–water partition coefficient (Wildman–Crippen LogP) is 2.66. The van der Waals surface area contributed by atoms with Crippen molar-refractivity contribution in [1.29, 1.82) is 0 Å². The van der Waals surface area contributed by atoms with Crippen LogP contribution in [0.25, 0.3) is 0 Å². The van der Waals surface area contributed by atoms with Crippen molar-refractivity contribution in [2.24, 2.45) is 0 Å². The van der Waals surface area contributed by atoms with Gasteiger partial charge in [0, 0.05) is 29.0 Å². The molecule has 2 N–H and O–H groups in total. The molecule has 0 aliphatic rings. The number of phenolic OH excluding ortho intramolecular Hbond substituents is 1. The molecule has 3 heteroatoms. The van der Waals surface area contributed by atoms with E-state index in [1.54, 1.807) is 6.07 Å². The van der Waals surface area contributed by atoms with Crippen LogP contribution < -0.4 is 5.32 Å². The van der Waals surface area contributed by atoms with Gasteiger partial charge in [-0.15, -0.1) is 12.3 Å². The average molecular weight is 268 g/mol. The zero-order valence-corrected chi connectivity index (χ0v) is 10.2. The molecule has 0 aliphatic heterocycles. The zero-order valence-electron chi connectivity index (χ0n) is 8.63. The Kier molecular flexibility index (Phi) is 4.67. The summed E-state index contributed by atoms with van der Waals surface area (Å²) in [5.74, 6) is 2.90. The number of nitrogens with one attached hydrogen (secondary N) is 1. The Bertz CT molecular complexity index is 370. The molecule has 80 valence electrons. The number of aromatic hydroxyl groups is 1. The lowest BCUT2D eigenvalue weighted by Gasteiger charge is -2.11. The van der Waals surface area contributed by atoms with Crippen LogP contribution in [0.4, 0.5) is 0 Å². The summed E-state index contributed by atoms with van der Waals surface area (Å²) >= 11 is 3.36. The van der Waals surface area contributed by atoms with E-state index in [1.807, 2.05) is 19.1 Å². The smallest absolute Gasteiger partial charge is 0.120 e. The van der Waals surface area contributed by atoms with Gasteiger partial charge in [0.15, 0.2) is 0 Å². The monoisotopic (exact) mass is 267 g/mol. The lowest BCUT2D eigenvalue weighted by Crippen LogP contribution is -2.24. The molecule has 2 nitrogen and oxygen atoms in total. The fraction of sp³-hybridized carbons (Fsp3) is 0.333. The summed E-state index contributed by atoms with van der Waals surface area (Å²) in [6.45, 7) is 2.64. The van der Waals surface area contributed by atoms with Crippen molar-refractivity contribution in [3.05, 3.63) is 28.2 Å². The number of hydrogen-bond acceptors (Lipinski definition) is 2. The maximum atomic E-state index is 9.58. The summed E-state index contributed by atoms with van der Waals surface area (Å²) in [6.07, 6.45) is 5.89. The molecule has 1 rings (SSSR count). The second-order valence-corrected chi connectivity index (χ2v) is 4.38. The lowest BCUT2D eigenvalue weighted by molar-refractivity contribution is 0.459. The summed E-state index contributed by atoms with van der Waals surface area (Å²) < 4.78 is 0.960. The maximum Gasteiger partial charge on any atom is 0.120 e. The number of rotatable bonds is 4. The van der Waals surface area contributed by atoms with Crippen LogP contribution in [0, 0.1) is 12.3 Å². The van der Waals surface area contributed by atoms with Gasteiger partial charge in [-0.3, -0.25) is 0 Å². The fourth-order valence-electron chi connectivity index (χ4n) is 1.23. The van der Waals surface area contributed by atoms with Crippen LogP contribution >= 0.6 is 15.9 Å². The minimum Gasteiger partial charge on any atom is -0.508 e. The van der Waals surface area contributed by atoms with Crippen LogP contribution in [-0.4, -0.2) is 11.1 Å². The van der Waals surface area contributed by atoms with Gasteiger partial charge in [0.1, 0.15) is 5.75 Å². The van der Waals surface area contributed by atoms with Gasteiger partial charge in [-0.25, -0.2) is 0 Å². The number of hydrogen-bond donors (Lipinski definition) is 2. The summed E-state index contributed by atoms with van der Waals surface area (Å²) in [6, 6.07) is 5.63. The van der Waals surface area contributed by atoms with Crippen molar-refractivity contribution in [3.63, 3.8) is 0 Å². The van der Waals surface area contributed by atoms with Gasteiger partial charge < -0.3 is 10.4 Å². The first-order valence-electron chi connectivity index (χ1n) is 4.77. The quantitative estimate of drug-likeness (QED) is 0.823. The molecule has 0 fully saturated rings. The van der Waals surface area contributed by atoms with Crippen LogP contribution in [0.15, 0.2) is 22.7 Å². The fourth-order valence-corrected chi connectivity index (χ4v) is 1.64. The highest BCUT2D eigenvalue weighted by molar-refractivity contribution is 9.10. The SMILES string of the molecule is C#CCC(C)NCc1cc(Br)ccc1O. The maximum absolute atomic E-state index is 9.58. The minimum absolute atomic E-state index is 0.258. The molecule has 1 unspecified atom stereocenters. The van der Waals surface area contributed by atoms with Crippen molar-refractivity contribution in [1.82, 2.24) is 5.32 Å². The van der Waals surface area contributed by atoms with E-state index in [0.29, 0.717) is 18.7 Å². The number of halogens is 1. The second kappa shape index (κ2) is 5.79. The van der Waals surface area contributed by atoms with Gasteiger partial charge in [-0.1, -0.05) is 15.9 Å². The lowest BCUT2D eigenvalue weighted by atomic mass is 10.2. The third-order valence-electron chi connectivity index (χ3n) is 2.11. The first-order chi connectivity index (χ1) is 7.13. The zero-order chi connectivity index (χ0) is 11.3. The third-order valence-corrected chi connectivity index (χ3v) is 2.60. The highest BCUT2D eigenvalue weighted by Gasteiger charge is 2.04. The average Bonchev–Trinajstić information content (AvgIpc) is 2.20. The van der Waals surface area contributed by atoms with E-state index in [9.17, 15) is 5.11 Å². The van der Waals surface area contributed by atoms with Gasteiger partial charge in [-0.05, 0) is 25.1 Å². The van der Waals surface area contributed by atoms with Gasteiger partial charge >= 0.3 is 0 Å². The Morgan fingerprint density at radius 3 is 3.00 bits per heavy atom. The highest BCUT2D eigenvalue weighted by atomic mass is 79.9. The molecule has 0 saturated heterocycles. The first-order valence-corrected chi connectivity index (χ1v) is 5.57. The van der Waals surface area contributed by atoms with E-state index >= 15 is 0 Å². The van der Waals surface area contributed by atoms with E-state index in [4.69, 9.17) is 6.42 Å². The standard InChI is InChI=1S/C12H14BrNO/c1-3-4-9(2)14-8-10-7-11(13)5-6-12(10)15/h1,5-7,9,14-15H,4,8H2,2H3. The molecule has 0 amide bonds. The van der Waals surface area contributed by atoms with Gasteiger partial charge in [0.05, 0.1) is 0 Å². The second-order valence-electron chi connectivity index (χ2n) is 3.46. The Balaban J connectivity index is 2.57. The molecule has 1 aromatic rings. The van der Waals surface area contributed by atoms with Gasteiger partial charge in [0.2, 0.25) is 0 Å². The van der Waals surface area contributed by atoms with Crippen molar-refractivity contribution in [2.75, 3.05) is 0 Å². The van der Waals surface area contributed by atoms with Crippen molar-refractivity contribution in [3.8, 4) is 18.1 Å². The summed E-state index contributed by atoms with van der Waals surface area (Å²) in [4.78, 5) is 0. The molecular weight excluding hydrogens is 254 g/mol. The van der Waals surface area contributed by atoms with E-state index in [2.05, 4.69) is 27.2 Å². The molecule has 0 bridgehead atoms. The summed E-state index contributed by atoms with van der Waals surface area (Å²) in [5, 5.41) is 12.8. The van der Waals surface area contributed by atoms with E-state index in [-0.39, 0.29) is 6.04 Å². The molecule has 0 spiro atoms. The molecular formula is C12H14BrNO. The Morgan fingerprint density at radius 2 is 2.33 bits per heavy atom. The molecule has 15 heavy (non-hydrogen) atoms. The van der Waals surface area contributed by atoms with E-state index in [0.717, 1.165) is 10.0 Å². The molecule has 0 aromatic heterocycles. The minimum atomic E-state index is 0.258. The van der Waals surface area contributed by atoms with Crippen molar-refractivity contribution in [2.45, 2.75) is 25.9 Å². The molecule has 0 aliphatic carbocycles. The van der Waals surface area contributed by atoms with Crippen molar-refractivity contribution >= 4 is 15.9 Å². The van der Waals surface area contributed by atoms with Crippen LogP contribution in [-0.2, 0) is 6.54 Å². The topological polar surface area (TPSA) is 32.3 Å². The Hall–Kier alpha value is -0.980. The van der Waals surface area contributed by atoms with E-state index in [1.165, 1.54) is 0 Å². The summed E-state index contributed by atoms with van der Waals surface area (Å²) in [5.41, 5.74) is 0.869. The Morgan fingerprint density at radius 1 is 1.60 bits per heavy atom. The third kappa shape index (κ3) is 3.94.